The monoisotopic (exact) mass is 240 g/mol. The smallest absolute Gasteiger partial charge is 0.330 e. The molecule has 0 amide bonds. The minimum Gasteiger partial charge on any atom is -0.391 e. The van der Waals surface area contributed by atoms with Gasteiger partial charge in [0.25, 0.3) is 5.56 Å². The summed E-state index contributed by atoms with van der Waals surface area (Å²) in [6.07, 6.45) is 0.842. The predicted molar refractivity (Wildman–Crippen MR) is 60.7 cm³/mol. The van der Waals surface area contributed by atoms with Gasteiger partial charge in [0, 0.05) is 18.2 Å². The van der Waals surface area contributed by atoms with Gasteiger partial charge >= 0.3 is 5.69 Å². The summed E-state index contributed by atoms with van der Waals surface area (Å²) >= 11 is 0. The molecule has 0 saturated carbocycles. The normalized spacial score (nSPS) is 30.4. The zero-order valence-electron chi connectivity index (χ0n) is 9.79. The van der Waals surface area contributed by atoms with Gasteiger partial charge in [0.05, 0.1) is 12.2 Å². The number of nitrogens with zero attached hydrogens (tertiary/aromatic N) is 1. The third kappa shape index (κ3) is 2.32. The van der Waals surface area contributed by atoms with Crippen molar-refractivity contribution >= 4 is 0 Å². The maximum Gasteiger partial charge on any atom is 0.330 e. The van der Waals surface area contributed by atoms with E-state index in [2.05, 4.69) is 4.98 Å². The number of aromatic amines is 1. The van der Waals surface area contributed by atoms with Crippen LogP contribution >= 0.6 is 0 Å². The van der Waals surface area contributed by atoms with E-state index in [1.165, 1.54) is 16.8 Å². The zero-order valence-corrected chi connectivity index (χ0v) is 9.79. The van der Waals surface area contributed by atoms with Crippen LogP contribution in [0.4, 0.5) is 0 Å². The van der Waals surface area contributed by atoms with Gasteiger partial charge < -0.3 is 9.84 Å². The van der Waals surface area contributed by atoms with Gasteiger partial charge in [0.15, 0.2) is 0 Å². The Morgan fingerprint density at radius 2 is 2.29 bits per heavy atom. The summed E-state index contributed by atoms with van der Waals surface area (Å²) < 4.78 is 6.99. The summed E-state index contributed by atoms with van der Waals surface area (Å²) in [5, 5.41) is 9.48. The fourth-order valence-electron chi connectivity index (χ4n) is 2.13. The topological polar surface area (TPSA) is 84.3 Å². The summed E-state index contributed by atoms with van der Waals surface area (Å²) in [5.74, 6) is 0.109. The van der Waals surface area contributed by atoms with Crippen LogP contribution in [0.25, 0.3) is 0 Å². The van der Waals surface area contributed by atoms with E-state index in [4.69, 9.17) is 4.74 Å². The first kappa shape index (κ1) is 12.1. The van der Waals surface area contributed by atoms with Crippen molar-refractivity contribution in [1.82, 2.24) is 9.55 Å². The minimum atomic E-state index is -0.569. The van der Waals surface area contributed by atoms with Crippen molar-refractivity contribution in [2.75, 3.05) is 0 Å². The van der Waals surface area contributed by atoms with E-state index in [1.54, 1.807) is 6.92 Å². The van der Waals surface area contributed by atoms with Crippen LogP contribution in [0, 0.1) is 5.92 Å². The molecule has 1 aliphatic rings. The summed E-state index contributed by atoms with van der Waals surface area (Å²) in [4.78, 5) is 24.8. The molecule has 1 aromatic heterocycles. The Morgan fingerprint density at radius 1 is 1.59 bits per heavy atom. The summed E-state index contributed by atoms with van der Waals surface area (Å²) in [7, 11) is 0. The molecule has 1 saturated heterocycles. The molecule has 2 N–H and O–H groups in total. The SMILES string of the molecule is CC(O)C1CC(C)C(n2ccc(=O)[nH]c2=O)O1. The first-order valence-electron chi connectivity index (χ1n) is 5.64. The van der Waals surface area contributed by atoms with Gasteiger partial charge in [0.2, 0.25) is 0 Å². The first-order valence-corrected chi connectivity index (χ1v) is 5.64. The molecule has 1 fully saturated rings. The maximum absolute atomic E-state index is 11.6. The second kappa shape index (κ2) is 4.46. The standard InChI is InChI=1S/C11H16N2O4/c1-6-5-8(7(2)14)17-10(6)13-4-3-9(15)12-11(13)16/h3-4,6-8,10,14H,5H2,1-2H3,(H,12,15,16). The number of hydrogen-bond donors (Lipinski definition) is 2. The van der Waals surface area contributed by atoms with Crippen molar-refractivity contribution in [3.8, 4) is 0 Å². The van der Waals surface area contributed by atoms with Crippen LogP contribution in [-0.2, 0) is 4.74 Å². The lowest BCUT2D eigenvalue weighted by Gasteiger charge is -2.18. The minimum absolute atomic E-state index is 0.109. The van der Waals surface area contributed by atoms with Crippen molar-refractivity contribution in [1.29, 1.82) is 0 Å². The number of aliphatic hydroxyl groups excluding tert-OH is 1. The number of nitrogens with one attached hydrogen (secondary N) is 1. The predicted octanol–water partition coefficient (Wildman–Crippen LogP) is -0.159. The van der Waals surface area contributed by atoms with Gasteiger partial charge in [-0.05, 0) is 13.3 Å². The van der Waals surface area contributed by atoms with E-state index in [0.717, 1.165) is 0 Å². The molecule has 4 atom stereocenters. The molecule has 6 heteroatoms. The summed E-state index contributed by atoms with van der Waals surface area (Å²) in [6, 6.07) is 1.28. The van der Waals surface area contributed by atoms with Gasteiger partial charge in [0.1, 0.15) is 6.23 Å². The largest absolute Gasteiger partial charge is 0.391 e. The van der Waals surface area contributed by atoms with E-state index in [9.17, 15) is 14.7 Å². The third-order valence-electron chi connectivity index (χ3n) is 3.07. The lowest BCUT2D eigenvalue weighted by Crippen LogP contribution is -2.33. The van der Waals surface area contributed by atoms with Crippen LogP contribution in [0.5, 0.6) is 0 Å². The molecule has 94 valence electrons. The number of aromatic nitrogens is 2. The molecule has 17 heavy (non-hydrogen) atoms. The highest BCUT2D eigenvalue weighted by molar-refractivity contribution is 4.88. The van der Waals surface area contributed by atoms with Crippen molar-refractivity contribution in [3.63, 3.8) is 0 Å². The number of aliphatic hydroxyl groups is 1. The molecule has 0 radical (unpaired) electrons. The highest BCUT2D eigenvalue weighted by Gasteiger charge is 2.36. The van der Waals surface area contributed by atoms with Crippen molar-refractivity contribution in [2.24, 2.45) is 5.92 Å². The molecular weight excluding hydrogens is 224 g/mol. The zero-order chi connectivity index (χ0) is 12.6. The van der Waals surface area contributed by atoms with E-state index >= 15 is 0 Å². The lowest BCUT2D eigenvalue weighted by molar-refractivity contribution is -0.0606. The Hall–Kier alpha value is -1.40. The Morgan fingerprint density at radius 3 is 2.82 bits per heavy atom. The number of rotatable bonds is 2. The molecule has 0 spiro atoms. The van der Waals surface area contributed by atoms with Gasteiger partial charge in [-0.15, -0.1) is 0 Å². The van der Waals surface area contributed by atoms with Crippen LogP contribution in [0.15, 0.2) is 21.9 Å². The third-order valence-corrected chi connectivity index (χ3v) is 3.07. The molecule has 4 unspecified atom stereocenters. The second-order valence-electron chi connectivity index (χ2n) is 4.54. The molecular formula is C11H16N2O4. The average Bonchev–Trinajstić information content (AvgIpc) is 2.61. The Kier molecular flexibility index (Phi) is 3.17. The highest BCUT2D eigenvalue weighted by atomic mass is 16.5. The van der Waals surface area contributed by atoms with Crippen LogP contribution in [0.1, 0.15) is 26.5 Å². The van der Waals surface area contributed by atoms with E-state index in [1.807, 2.05) is 6.92 Å². The first-order chi connectivity index (χ1) is 7.99. The van der Waals surface area contributed by atoms with Crippen LogP contribution < -0.4 is 11.2 Å². The molecule has 6 nitrogen and oxygen atoms in total. The van der Waals surface area contributed by atoms with Gasteiger partial charge in [-0.25, -0.2) is 4.79 Å². The van der Waals surface area contributed by atoms with E-state index in [0.29, 0.717) is 6.42 Å². The summed E-state index contributed by atoms with van der Waals surface area (Å²) in [5.41, 5.74) is -0.912. The molecule has 0 bridgehead atoms. The molecule has 2 heterocycles. The Balaban J connectivity index is 2.29. The van der Waals surface area contributed by atoms with Crippen molar-refractivity contribution in [2.45, 2.75) is 38.7 Å². The maximum atomic E-state index is 11.6. The fourth-order valence-corrected chi connectivity index (χ4v) is 2.13. The molecule has 0 aromatic carbocycles. The number of H-pyrrole nitrogens is 1. The van der Waals surface area contributed by atoms with Gasteiger partial charge in [-0.1, -0.05) is 6.92 Å². The van der Waals surface area contributed by atoms with Gasteiger partial charge in [-0.3, -0.25) is 14.3 Å². The number of hydrogen-bond acceptors (Lipinski definition) is 4. The fraction of sp³-hybridized carbons (Fsp3) is 0.636. The molecule has 1 aliphatic heterocycles. The number of ether oxygens (including phenoxy) is 1. The van der Waals surface area contributed by atoms with Crippen LogP contribution in [0.3, 0.4) is 0 Å². The van der Waals surface area contributed by atoms with Crippen molar-refractivity contribution < 1.29 is 9.84 Å². The van der Waals surface area contributed by atoms with E-state index in [-0.39, 0.29) is 12.0 Å². The molecule has 2 rings (SSSR count). The quantitative estimate of drug-likeness (QED) is 0.752. The van der Waals surface area contributed by atoms with Crippen LogP contribution in [-0.4, -0.2) is 26.9 Å². The van der Waals surface area contributed by atoms with Gasteiger partial charge in [-0.2, -0.15) is 0 Å². The average molecular weight is 240 g/mol. The summed E-state index contributed by atoms with van der Waals surface area (Å²) in [6.45, 7) is 3.61. The van der Waals surface area contributed by atoms with E-state index < -0.39 is 23.6 Å². The van der Waals surface area contributed by atoms with Crippen molar-refractivity contribution in [3.05, 3.63) is 33.1 Å². The Bertz CT molecular complexity index is 505. The lowest BCUT2D eigenvalue weighted by atomic mass is 10.0. The molecule has 0 aliphatic carbocycles. The van der Waals surface area contributed by atoms with Crippen LogP contribution in [0.2, 0.25) is 0 Å². The Labute approximate surface area is 97.9 Å². The highest BCUT2D eigenvalue weighted by Crippen LogP contribution is 2.34. The second-order valence-corrected chi connectivity index (χ2v) is 4.54. The molecule has 1 aromatic rings.